The lowest BCUT2D eigenvalue weighted by molar-refractivity contribution is 0.464. The SMILES string of the molecule is Cc1cc(C)cc(CSC(c2ccc(C)o2)C(C)N)c1. The smallest absolute Gasteiger partial charge is 0.118 e. The molecular weight excluding hydrogens is 266 g/mol. The second-order valence-electron chi connectivity index (χ2n) is 5.54. The molecule has 0 spiro atoms. The minimum absolute atomic E-state index is 0.0662. The highest BCUT2D eigenvalue weighted by Gasteiger charge is 2.20. The summed E-state index contributed by atoms with van der Waals surface area (Å²) >= 11 is 1.85. The maximum absolute atomic E-state index is 6.12. The van der Waals surface area contributed by atoms with E-state index in [2.05, 4.69) is 32.0 Å². The van der Waals surface area contributed by atoms with Crippen molar-refractivity contribution < 1.29 is 4.42 Å². The molecule has 0 aliphatic heterocycles. The van der Waals surface area contributed by atoms with Gasteiger partial charge in [-0.1, -0.05) is 29.3 Å². The fourth-order valence-electron chi connectivity index (χ4n) is 2.44. The molecular formula is C17H23NOS. The molecule has 2 N–H and O–H groups in total. The Hall–Kier alpha value is -1.19. The van der Waals surface area contributed by atoms with Gasteiger partial charge in [0, 0.05) is 11.8 Å². The summed E-state index contributed by atoms with van der Waals surface area (Å²) in [5.41, 5.74) is 10.1. The third-order valence-corrected chi connectivity index (χ3v) is 4.75. The van der Waals surface area contributed by atoms with Gasteiger partial charge < -0.3 is 10.2 Å². The quantitative estimate of drug-likeness (QED) is 0.879. The first-order valence-electron chi connectivity index (χ1n) is 6.96. The highest BCUT2D eigenvalue weighted by atomic mass is 32.2. The Balaban J connectivity index is 2.09. The van der Waals surface area contributed by atoms with Crippen molar-refractivity contribution in [2.24, 2.45) is 5.73 Å². The first-order valence-corrected chi connectivity index (χ1v) is 8.01. The average Bonchev–Trinajstić information content (AvgIpc) is 2.74. The van der Waals surface area contributed by atoms with Crippen molar-refractivity contribution in [1.29, 1.82) is 0 Å². The van der Waals surface area contributed by atoms with Gasteiger partial charge in [-0.2, -0.15) is 0 Å². The van der Waals surface area contributed by atoms with Crippen LogP contribution in [0.15, 0.2) is 34.7 Å². The number of hydrogen-bond acceptors (Lipinski definition) is 3. The van der Waals surface area contributed by atoms with Crippen LogP contribution in [0.3, 0.4) is 0 Å². The molecule has 0 aliphatic carbocycles. The normalized spacial score (nSPS) is 14.2. The van der Waals surface area contributed by atoms with Gasteiger partial charge in [-0.05, 0) is 45.4 Å². The summed E-state index contributed by atoms with van der Waals surface area (Å²) in [6.07, 6.45) is 0. The molecule has 2 aromatic rings. The minimum atomic E-state index is 0.0662. The van der Waals surface area contributed by atoms with Crippen molar-refractivity contribution >= 4 is 11.8 Å². The number of rotatable bonds is 5. The van der Waals surface area contributed by atoms with E-state index in [-0.39, 0.29) is 11.3 Å². The summed E-state index contributed by atoms with van der Waals surface area (Å²) in [6, 6.07) is 10.8. The Kier molecular flexibility index (Phi) is 4.95. The zero-order chi connectivity index (χ0) is 14.7. The maximum Gasteiger partial charge on any atom is 0.118 e. The van der Waals surface area contributed by atoms with Crippen LogP contribution in [0.5, 0.6) is 0 Å². The number of aryl methyl sites for hydroxylation is 3. The Labute approximate surface area is 125 Å². The van der Waals surface area contributed by atoms with E-state index in [1.165, 1.54) is 16.7 Å². The molecule has 0 amide bonds. The molecule has 0 radical (unpaired) electrons. The van der Waals surface area contributed by atoms with E-state index in [9.17, 15) is 0 Å². The summed E-state index contributed by atoms with van der Waals surface area (Å²) in [6.45, 7) is 8.29. The van der Waals surface area contributed by atoms with Gasteiger partial charge in [0.25, 0.3) is 0 Å². The van der Waals surface area contributed by atoms with Crippen LogP contribution < -0.4 is 5.73 Å². The monoisotopic (exact) mass is 289 g/mol. The van der Waals surface area contributed by atoms with Gasteiger partial charge in [-0.25, -0.2) is 0 Å². The topological polar surface area (TPSA) is 39.2 Å². The van der Waals surface area contributed by atoms with Crippen molar-refractivity contribution in [3.8, 4) is 0 Å². The highest BCUT2D eigenvalue weighted by molar-refractivity contribution is 7.98. The molecule has 1 aromatic carbocycles. The number of furan rings is 1. The number of hydrogen-bond donors (Lipinski definition) is 1. The molecule has 2 unspecified atom stereocenters. The first kappa shape index (κ1) is 15.2. The first-order chi connectivity index (χ1) is 9.45. The molecule has 20 heavy (non-hydrogen) atoms. The van der Waals surface area contributed by atoms with E-state index in [4.69, 9.17) is 10.2 Å². The van der Waals surface area contributed by atoms with Crippen LogP contribution >= 0.6 is 11.8 Å². The van der Waals surface area contributed by atoms with Gasteiger partial charge in [-0.3, -0.25) is 0 Å². The molecule has 1 aromatic heterocycles. The van der Waals surface area contributed by atoms with Gasteiger partial charge in [0.1, 0.15) is 11.5 Å². The lowest BCUT2D eigenvalue weighted by atomic mass is 10.1. The molecule has 2 atom stereocenters. The van der Waals surface area contributed by atoms with Crippen LogP contribution in [0.1, 0.15) is 40.4 Å². The lowest BCUT2D eigenvalue weighted by Gasteiger charge is -2.18. The zero-order valence-corrected chi connectivity index (χ0v) is 13.5. The number of thioether (sulfide) groups is 1. The van der Waals surface area contributed by atoms with Crippen LogP contribution in [-0.2, 0) is 5.75 Å². The second kappa shape index (κ2) is 6.51. The molecule has 0 saturated carbocycles. The molecule has 0 aliphatic rings. The van der Waals surface area contributed by atoms with E-state index >= 15 is 0 Å². The van der Waals surface area contributed by atoms with Gasteiger partial charge >= 0.3 is 0 Å². The summed E-state index contributed by atoms with van der Waals surface area (Å²) in [7, 11) is 0. The van der Waals surface area contributed by atoms with Crippen LogP contribution in [0.2, 0.25) is 0 Å². The predicted molar refractivity (Wildman–Crippen MR) is 87.0 cm³/mol. The van der Waals surface area contributed by atoms with Gasteiger partial charge in [0.05, 0.1) is 5.25 Å². The Morgan fingerprint density at radius 2 is 1.75 bits per heavy atom. The van der Waals surface area contributed by atoms with Crippen LogP contribution in [0, 0.1) is 20.8 Å². The molecule has 1 heterocycles. The van der Waals surface area contributed by atoms with Crippen molar-refractivity contribution in [2.75, 3.05) is 0 Å². The van der Waals surface area contributed by atoms with Crippen molar-refractivity contribution in [3.63, 3.8) is 0 Å². The number of benzene rings is 1. The van der Waals surface area contributed by atoms with Crippen LogP contribution in [0.4, 0.5) is 0 Å². The fraction of sp³-hybridized carbons (Fsp3) is 0.412. The third kappa shape index (κ3) is 3.90. The summed E-state index contributed by atoms with van der Waals surface area (Å²) in [4.78, 5) is 0. The molecule has 0 fully saturated rings. The number of nitrogens with two attached hydrogens (primary N) is 1. The summed E-state index contributed by atoms with van der Waals surface area (Å²) in [5.74, 6) is 2.87. The van der Waals surface area contributed by atoms with Gasteiger partial charge in [-0.15, -0.1) is 11.8 Å². The molecule has 0 saturated heterocycles. The highest BCUT2D eigenvalue weighted by Crippen LogP contribution is 2.35. The predicted octanol–water partition coefficient (Wildman–Crippen LogP) is 4.53. The zero-order valence-electron chi connectivity index (χ0n) is 12.6. The Bertz CT molecular complexity index is 554. The molecule has 108 valence electrons. The van der Waals surface area contributed by atoms with E-state index in [1.54, 1.807) is 0 Å². The molecule has 0 bridgehead atoms. The minimum Gasteiger partial charge on any atom is -0.465 e. The van der Waals surface area contributed by atoms with Crippen LogP contribution in [-0.4, -0.2) is 6.04 Å². The summed E-state index contributed by atoms with van der Waals surface area (Å²) in [5, 5.41) is 0.199. The van der Waals surface area contributed by atoms with E-state index in [0.29, 0.717) is 0 Å². The molecule has 3 heteroatoms. The maximum atomic E-state index is 6.12. The van der Waals surface area contributed by atoms with Crippen LogP contribution in [0.25, 0.3) is 0 Å². The second-order valence-corrected chi connectivity index (χ2v) is 6.66. The van der Waals surface area contributed by atoms with Crippen molar-refractivity contribution in [1.82, 2.24) is 0 Å². The average molecular weight is 289 g/mol. The fourth-order valence-corrected chi connectivity index (χ4v) is 3.57. The lowest BCUT2D eigenvalue weighted by Crippen LogP contribution is -2.22. The summed E-state index contributed by atoms with van der Waals surface area (Å²) < 4.78 is 5.74. The van der Waals surface area contributed by atoms with Gasteiger partial charge in [0.15, 0.2) is 0 Å². The van der Waals surface area contributed by atoms with E-state index < -0.39 is 0 Å². The van der Waals surface area contributed by atoms with Crippen molar-refractivity contribution in [3.05, 3.63) is 58.5 Å². The Morgan fingerprint density at radius 3 is 2.25 bits per heavy atom. The van der Waals surface area contributed by atoms with E-state index in [1.807, 2.05) is 37.7 Å². The van der Waals surface area contributed by atoms with E-state index in [0.717, 1.165) is 17.3 Å². The third-order valence-electron chi connectivity index (χ3n) is 3.23. The Morgan fingerprint density at radius 1 is 1.10 bits per heavy atom. The van der Waals surface area contributed by atoms with Crippen molar-refractivity contribution in [2.45, 2.75) is 44.7 Å². The molecule has 2 rings (SSSR count). The molecule has 2 nitrogen and oxygen atoms in total. The standard InChI is InChI=1S/C17H23NOS/c1-11-7-12(2)9-15(8-11)10-20-17(14(4)18)16-6-5-13(3)19-16/h5-9,14,17H,10,18H2,1-4H3. The van der Waals surface area contributed by atoms with Gasteiger partial charge in [0.2, 0.25) is 0 Å². The largest absolute Gasteiger partial charge is 0.465 e.